The standard InChI is InChI=1S/C28H28F3N5O4/c1-17-4-2-6-21(12-17)36-25(28(29,30)31)22(14-32-36)27-33-26(34-40-27)20-9-7-19(8-10-20)23(37)16-35-11-3-5-18(15-35)13-24(38)39/h2,4,6-10,12,14,18,23,37H,3,5,11,13,15-16H2,1H3,(H,38,39)/t18-,23-/m1/s1. The van der Waals surface area contributed by atoms with Crippen LogP contribution in [0.3, 0.4) is 0 Å². The van der Waals surface area contributed by atoms with Crippen LogP contribution < -0.4 is 0 Å². The molecule has 0 spiro atoms. The number of nitrogens with zero attached hydrogens (tertiary/aromatic N) is 5. The smallest absolute Gasteiger partial charge is 0.434 e. The molecule has 3 heterocycles. The number of benzene rings is 2. The van der Waals surface area contributed by atoms with Gasteiger partial charge in [0, 0.05) is 25.1 Å². The highest BCUT2D eigenvalue weighted by molar-refractivity contribution is 5.67. The number of aliphatic hydroxyl groups is 1. The molecule has 1 saturated heterocycles. The van der Waals surface area contributed by atoms with Crippen molar-refractivity contribution in [3.05, 3.63) is 71.5 Å². The Morgan fingerprint density at radius 2 is 1.98 bits per heavy atom. The first-order valence-electron chi connectivity index (χ1n) is 12.9. The molecule has 2 atom stereocenters. The number of carboxylic acids is 1. The summed E-state index contributed by atoms with van der Waals surface area (Å²) < 4.78 is 48.3. The average Bonchev–Trinajstić information content (AvgIpc) is 3.56. The number of aliphatic carboxylic acids is 1. The molecule has 5 rings (SSSR count). The predicted octanol–water partition coefficient (Wildman–Crippen LogP) is 5.14. The molecule has 2 N–H and O–H groups in total. The number of halogens is 3. The van der Waals surface area contributed by atoms with Crippen molar-refractivity contribution in [2.45, 2.75) is 38.5 Å². The highest BCUT2D eigenvalue weighted by atomic mass is 19.4. The Morgan fingerprint density at radius 3 is 2.67 bits per heavy atom. The Kier molecular flexibility index (Phi) is 7.72. The lowest BCUT2D eigenvalue weighted by Crippen LogP contribution is -2.38. The van der Waals surface area contributed by atoms with Gasteiger partial charge in [-0.3, -0.25) is 4.79 Å². The first-order valence-corrected chi connectivity index (χ1v) is 12.9. The van der Waals surface area contributed by atoms with E-state index < -0.39 is 23.9 Å². The number of likely N-dealkylation sites (tertiary alicyclic amines) is 1. The number of piperidine rings is 1. The monoisotopic (exact) mass is 555 g/mol. The molecular formula is C28H28F3N5O4. The predicted molar refractivity (Wildman–Crippen MR) is 138 cm³/mol. The van der Waals surface area contributed by atoms with Gasteiger partial charge in [0.05, 0.1) is 23.6 Å². The van der Waals surface area contributed by atoms with Gasteiger partial charge in [-0.15, -0.1) is 0 Å². The van der Waals surface area contributed by atoms with E-state index in [-0.39, 0.29) is 35.3 Å². The van der Waals surface area contributed by atoms with Crippen LogP contribution >= 0.6 is 0 Å². The van der Waals surface area contributed by atoms with Crippen molar-refractivity contribution >= 4 is 5.97 Å². The molecule has 2 aromatic carbocycles. The van der Waals surface area contributed by atoms with E-state index in [0.29, 0.717) is 24.2 Å². The summed E-state index contributed by atoms with van der Waals surface area (Å²) in [6.45, 7) is 3.55. The number of carboxylic acid groups (broad SMARTS) is 1. The zero-order valence-corrected chi connectivity index (χ0v) is 21.7. The minimum absolute atomic E-state index is 0.0649. The van der Waals surface area contributed by atoms with Crippen LogP contribution in [0.25, 0.3) is 28.5 Å². The Labute approximate surface area is 227 Å². The van der Waals surface area contributed by atoms with Crippen LogP contribution in [-0.4, -0.2) is 60.6 Å². The maximum Gasteiger partial charge on any atom is 0.434 e. The van der Waals surface area contributed by atoms with Crippen LogP contribution in [0.1, 0.15) is 42.2 Å². The zero-order chi connectivity index (χ0) is 28.4. The molecule has 1 fully saturated rings. The summed E-state index contributed by atoms with van der Waals surface area (Å²) in [5, 5.41) is 27.6. The Hall–Kier alpha value is -4.03. The summed E-state index contributed by atoms with van der Waals surface area (Å²) in [5.41, 5.74) is 0.846. The van der Waals surface area contributed by atoms with Crippen LogP contribution in [0.5, 0.6) is 0 Å². The molecule has 0 amide bonds. The van der Waals surface area contributed by atoms with E-state index in [1.165, 1.54) is 6.07 Å². The highest BCUT2D eigenvalue weighted by Gasteiger charge is 2.40. The summed E-state index contributed by atoms with van der Waals surface area (Å²) >= 11 is 0. The first-order chi connectivity index (χ1) is 19.1. The van der Waals surface area contributed by atoms with E-state index in [2.05, 4.69) is 20.1 Å². The number of β-amino-alcohol motifs (C(OH)–C–C–N with tert-alkyl or cyclic N) is 1. The number of rotatable bonds is 8. The van der Waals surface area contributed by atoms with Crippen molar-refractivity contribution in [3.8, 4) is 28.5 Å². The van der Waals surface area contributed by atoms with Crippen LogP contribution in [-0.2, 0) is 11.0 Å². The summed E-state index contributed by atoms with van der Waals surface area (Å²) in [7, 11) is 0. The van der Waals surface area contributed by atoms with E-state index in [4.69, 9.17) is 9.63 Å². The van der Waals surface area contributed by atoms with E-state index in [1.54, 1.807) is 49.4 Å². The number of aryl methyl sites for hydroxylation is 1. The highest BCUT2D eigenvalue weighted by Crippen LogP contribution is 2.38. The Morgan fingerprint density at radius 1 is 1.20 bits per heavy atom. The van der Waals surface area contributed by atoms with Gasteiger partial charge in [-0.2, -0.15) is 23.3 Å². The molecule has 0 saturated carbocycles. The zero-order valence-electron chi connectivity index (χ0n) is 21.7. The lowest BCUT2D eigenvalue weighted by molar-refractivity contribution is -0.142. The number of carbonyl (C=O) groups is 1. The third-order valence-electron chi connectivity index (χ3n) is 6.99. The van der Waals surface area contributed by atoms with Gasteiger partial charge in [-0.25, -0.2) is 4.68 Å². The van der Waals surface area contributed by atoms with Gasteiger partial charge in [0.15, 0.2) is 5.69 Å². The van der Waals surface area contributed by atoms with Crippen LogP contribution in [0.15, 0.2) is 59.3 Å². The quantitative estimate of drug-likeness (QED) is 0.307. The normalized spacial score (nSPS) is 17.2. The number of alkyl halides is 3. The molecule has 210 valence electrons. The van der Waals surface area contributed by atoms with Crippen LogP contribution in [0.2, 0.25) is 0 Å². The SMILES string of the molecule is Cc1cccc(-n2ncc(-c3nc(-c4ccc([C@H](O)CN5CCC[C@H](CC(=O)O)C5)cc4)no3)c2C(F)(F)F)c1. The summed E-state index contributed by atoms with van der Waals surface area (Å²) in [5.74, 6) is -0.969. The van der Waals surface area contributed by atoms with Crippen LogP contribution in [0.4, 0.5) is 13.2 Å². The third-order valence-corrected chi connectivity index (χ3v) is 6.99. The topological polar surface area (TPSA) is 118 Å². The first kappa shape index (κ1) is 27.5. The second-order valence-electron chi connectivity index (χ2n) is 10.1. The van der Waals surface area contributed by atoms with Gasteiger partial charge >= 0.3 is 12.1 Å². The number of aromatic nitrogens is 4. The Balaban J connectivity index is 1.32. The lowest BCUT2D eigenvalue weighted by atomic mass is 9.94. The molecular weight excluding hydrogens is 527 g/mol. The van der Waals surface area contributed by atoms with Gasteiger partial charge < -0.3 is 19.6 Å². The minimum Gasteiger partial charge on any atom is -0.481 e. The maximum absolute atomic E-state index is 14.1. The molecule has 1 aliphatic heterocycles. The minimum atomic E-state index is -4.73. The fourth-order valence-corrected chi connectivity index (χ4v) is 5.12. The second kappa shape index (κ2) is 11.2. The fraction of sp³-hybridized carbons (Fsp3) is 0.357. The summed E-state index contributed by atoms with van der Waals surface area (Å²) in [6.07, 6.45) is -2.61. The van der Waals surface area contributed by atoms with Crippen molar-refractivity contribution in [2.75, 3.05) is 19.6 Å². The molecule has 1 aliphatic rings. The van der Waals surface area contributed by atoms with Gasteiger partial charge in [0.25, 0.3) is 5.89 Å². The van der Waals surface area contributed by atoms with Crippen LogP contribution in [0, 0.1) is 12.8 Å². The van der Waals surface area contributed by atoms with E-state index in [1.807, 2.05) is 0 Å². The average molecular weight is 556 g/mol. The van der Waals surface area contributed by atoms with Crippen molar-refractivity contribution in [1.82, 2.24) is 24.8 Å². The summed E-state index contributed by atoms with van der Waals surface area (Å²) in [4.78, 5) is 17.3. The van der Waals surface area contributed by atoms with Crippen molar-refractivity contribution in [3.63, 3.8) is 0 Å². The largest absolute Gasteiger partial charge is 0.481 e. The number of aliphatic hydroxyl groups excluding tert-OH is 1. The molecule has 12 heteroatoms. The van der Waals surface area contributed by atoms with E-state index >= 15 is 0 Å². The molecule has 0 unspecified atom stereocenters. The van der Waals surface area contributed by atoms with Gasteiger partial charge in [-0.1, -0.05) is 41.6 Å². The fourth-order valence-electron chi connectivity index (χ4n) is 5.12. The lowest BCUT2D eigenvalue weighted by Gasteiger charge is -2.33. The third kappa shape index (κ3) is 6.07. The van der Waals surface area contributed by atoms with Crippen molar-refractivity contribution in [2.24, 2.45) is 5.92 Å². The van der Waals surface area contributed by atoms with Crippen molar-refractivity contribution in [1.29, 1.82) is 0 Å². The maximum atomic E-state index is 14.1. The van der Waals surface area contributed by atoms with E-state index in [0.717, 1.165) is 35.8 Å². The van der Waals surface area contributed by atoms with Gasteiger partial charge in [0.1, 0.15) is 0 Å². The molecule has 0 bridgehead atoms. The molecule has 0 aliphatic carbocycles. The molecule has 0 radical (unpaired) electrons. The summed E-state index contributed by atoms with van der Waals surface area (Å²) in [6, 6.07) is 13.3. The second-order valence-corrected chi connectivity index (χ2v) is 10.1. The number of hydrogen-bond acceptors (Lipinski definition) is 7. The number of hydrogen-bond donors (Lipinski definition) is 2. The van der Waals surface area contributed by atoms with Gasteiger partial charge in [0.2, 0.25) is 5.82 Å². The molecule has 2 aromatic heterocycles. The Bertz CT molecular complexity index is 1480. The van der Waals surface area contributed by atoms with Crippen molar-refractivity contribution < 1.29 is 32.7 Å². The molecule has 40 heavy (non-hydrogen) atoms. The molecule has 4 aromatic rings. The molecule has 9 nitrogen and oxygen atoms in total. The van der Waals surface area contributed by atoms with E-state index in [9.17, 15) is 23.1 Å². The van der Waals surface area contributed by atoms with Gasteiger partial charge in [-0.05, 0) is 55.5 Å².